The Morgan fingerprint density at radius 3 is 2.62 bits per heavy atom. The molecular formula is C17H15NO3. The normalized spacial score (nSPS) is 10.5. The van der Waals surface area contributed by atoms with Crippen molar-refractivity contribution in [2.75, 3.05) is 7.11 Å². The summed E-state index contributed by atoms with van der Waals surface area (Å²) in [6.45, 7) is 0.380. The minimum absolute atomic E-state index is 0.0919. The number of aromatic amines is 1. The molecule has 0 bridgehead atoms. The first-order chi connectivity index (χ1) is 10.3. The van der Waals surface area contributed by atoms with Crippen molar-refractivity contribution < 1.29 is 9.47 Å². The van der Waals surface area contributed by atoms with Gasteiger partial charge in [-0.15, -0.1) is 0 Å². The van der Waals surface area contributed by atoms with Gasteiger partial charge >= 0.3 is 0 Å². The lowest BCUT2D eigenvalue weighted by Gasteiger charge is -2.13. The Balaban J connectivity index is 2.05. The first kappa shape index (κ1) is 13.2. The van der Waals surface area contributed by atoms with Crippen LogP contribution in [0.5, 0.6) is 11.5 Å². The molecule has 0 aliphatic heterocycles. The molecule has 0 aliphatic carbocycles. The summed E-state index contributed by atoms with van der Waals surface area (Å²) in [5, 5.41) is 0.507. The van der Waals surface area contributed by atoms with Gasteiger partial charge in [0.1, 0.15) is 6.61 Å². The van der Waals surface area contributed by atoms with Gasteiger partial charge in [-0.2, -0.15) is 0 Å². The van der Waals surface area contributed by atoms with Gasteiger partial charge in [-0.3, -0.25) is 4.79 Å². The standard InChI is InChI=1S/C17H15NO3/c1-20-15-8-7-13-16(14(19)9-10-18-13)17(15)21-11-12-5-3-2-4-6-12/h2-10H,11H2,1H3,(H,18,19). The van der Waals surface area contributed by atoms with Crippen LogP contribution in [0.2, 0.25) is 0 Å². The molecule has 0 saturated carbocycles. The van der Waals surface area contributed by atoms with Crippen molar-refractivity contribution in [2.24, 2.45) is 0 Å². The molecule has 106 valence electrons. The lowest BCUT2D eigenvalue weighted by Crippen LogP contribution is -2.06. The molecule has 4 heteroatoms. The second-order valence-electron chi connectivity index (χ2n) is 4.64. The number of pyridine rings is 1. The summed E-state index contributed by atoms with van der Waals surface area (Å²) in [5.74, 6) is 1.02. The van der Waals surface area contributed by atoms with E-state index < -0.39 is 0 Å². The maximum absolute atomic E-state index is 12.1. The lowest BCUT2D eigenvalue weighted by molar-refractivity contribution is 0.288. The smallest absolute Gasteiger partial charge is 0.193 e. The van der Waals surface area contributed by atoms with Crippen LogP contribution in [0, 0.1) is 0 Å². The van der Waals surface area contributed by atoms with Gasteiger partial charge in [0.05, 0.1) is 18.0 Å². The SMILES string of the molecule is COc1ccc2[nH]ccc(=O)c2c1OCc1ccccc1. The van der Waals surface area contributed by atoms with Gasteiger partial charge in [-0.05, 0) is 17.7 Å². The van der Waals surface area contributed by atoms with E-state index >= 15 is 0 Å². The summed E-state index contributed by atoms with van der Waals surface area (Å²) >= 11 is 0. The molecular weight excluding hydrogens is 266 g/mol. The maximum Gasteiger partial charge on any atom is 0.193 e. The van der Waals surface area contributed by atoms with Crippen LogP contribution in [0.25, 0.3) is 10.9 Å². The van der Waals surface area contributed by atoms with E-state index in [0.717, 1.165) is 11.1 Å². The van der Waals surface area contributed by atoms with E-state index in [9.17, 15) is 4.79 Å². The highest BCUT2D eigenvalue weighted by atomic mass is 16.5. The number of rotatable bonds is 4. The Labute approximate surface area is 122 Å². The number of methoxy groups -OCH3 is 1. The summed E-state index contributed by atoms with van der Waals surface area (Å²) < 4.78 is 11.2. The summed E-state index contributed by atoms with van der Waals surface area (Å²) in [6, 6.07) is 14.9. The number of H-pyrrole nitrogens is 1. The van der Waals surface area contributed by atoms with Crippen LogP contribution in [0.3, 0.4) is 0 Å². The zero-order valence-electron chi connectivity index (χ0n) is 11.6. The zero-order chi connectivity index (χ0) is 14.7. The van der Waals surface area contributed by atoms with E-state index in [1.165, 1.54) is 6.07 Å². The number of ether oxygens (including phenoxy) is 2. The Hall–Kier alpha value is -2.75. The predicted octanol–water partition coefficient (Wildman–Crippen LogP) is 3.12. The molecule has 0 saturated heterocycles. The molecule has 0 atom stereocenters. The number of aromatic nitrogens is 1. The minimum Gasteiger partial charge on any atom is -0.493 e. The summed E-state index contributed by atoms with van der Waals surface area (Å²) in [5.41, 5.74) is 1.67. The molecule has 0 amide bonds. The van der Waals surface area contributed by atoms with Crippen molar-refractivity contribution in [1.29, 1.82) is 0 Å². The molecule has 0 radical (unpaired) electrons. The Morgan fingerprint density at radius 1 is 1.05 bits per heavy atom. The number of hydrogen-bond acceptors (Lipinski definition) is 3. The van der Waals surface area contributed by atoms with Crippen LogP contribution in [0.1, 0.15) is 5.56 Å². The average Bonchev–Trinajstić information content (AvgIpc) is 2.53. The fourth-order valence-corrected chi connectivity index (χ4v) is 2.25. The molecule has 4 nitrogen and oxygen atoms in total. The second kappa shape index (κ2) is 5.71. The van der Waals surface area contributed by atoms with Crippen molar-refractivity contribution in [1.82, 2.24) is 4.98 Å². The van der Waals surface area contributed by atoms with E-state index in [2.05, 4.69) is 4.98 Å². The van der Waals surface area contributed by atoms with E-state index in [4.69, 9.17) is 9.47 Å². The van der Waals surface area contributed by atoms with Gasteiger partial charge in [0.25, 0.3) is 0 Å². The molecule has 3 rings (SSSR count). The van der Waals surface area contributed by atoms with Gasteiger partial charge in [-0.25, -0.2) is 0 Å². The van der Waals surface area contributed by atoms with Crippen LogP contribution < -0.4 is 14.9 Å². The zero-order valence-corrected chi connectivity index (χ0v) is 11.6. The predicted molar refractivity (Wildman–Crippen MR) is 81.9 cm³/mol. The number of benzene rings is 2. The molecule has 0 aliphatic rings. The molecule has 0 spiro atoms. The lowest BCUT2D eigenvalue weighted by atomic mass is 10.1. The molecule has 1 aromatic heterocycles. The van der Waals surface area contributed by atoms with E-state index in [1.54, 1.807) is 19.4 Å². The average molecular weight is 281 g/mol. The van der Waals surface area contributed by atoms with Gasteiger partial charge < -0.3 is 14.5 Å². The van der Waals surface area contributed by atoms with Gasteiger partial charge in [0.2, 0.25) is 0 Å². The van der Waals surface area contributed by atoms with Crippen LogP contribution in [-0.4, -0.2) is 12.1 Å². The van der Waals surface area contributed by atoms with Crippen molar-refractivity contribution in [3.05, 3.63) is 70.5 Å². The Morgan fingerprint density at radius 2 is 1.86 bits per heavy atom. The summed E-state index contributed by atoms with van der Waals surface area (Å²) in [6.07, 6.45) is 1.62. The highest BCUT2D eigenvalue weighted by molar-refractivity contribution is 5.87. The monoisotopic (exact) mass is 281 g/mol. The van der Waals surface area contributed by atoms with Gasteiger partial charge in [0.15, 0.2) is 16.9 Å². The van der Waals surface area contributed by atoms with Crippen molar-refractivity contribution >= 4 is 10.9 Å². The fraction of sp³-hybridized carbons (Fsp3) is 0.118. The third kappa shape index (κ3) is 2.60. The fourth-order valence-electron chi connectivity index (χ4n) is 2.25. The number of fused-ring (bicyclic) bond motifs is 1. The third-order valence-corrected chi connectivity index (χ3v) is 3.29. The molecule has 2 aromatic carbocycles. The van der Waals surface area contributed by atoms with Crippen molar-refractivity contribution in [3.63, 3.8) is 0 Å². The van der Waals surface area contributed by atoms with Crippen LogP contribution >= 0.6 is 0 Å². The molecule has 0 fully saturated rings. The number of nitrogens with one attached hydrogen (secondary N) is 1. The maximum atomic E-state index is 12.1. The Bertz CT molecular complexity index is 809. The van der Waals surface area contributed by atoms with Gasteiger partial charge in [0, 0.05) is 12.3 Å². The van der Waals surface area contributed by atoms with Crippen LogP contribution in [0.4, 0.5) is 0 Å². The van der Waals surface area contributed by atoms with E-state index in [-0.39, 0.29) is 5.43 Å². The minimum atomic E-state index is -0.0919. The summed E-state index contributed by atoms with van der Waals surface area (Å²) in [4.78, 5) is 15.2. The number of hydrogen-bond donors (Lipinski definition) is 1. The van der Waals surface area contributed by atoms with Crippen LogP contribution in [0.15, 0.2) is 59.5 Å². The van der Waals surface area contributed by atoms with Crippen molar-refractivity contribution in [3.8, 4) is 11.5 Å². The molecule has 1 N–H and O–H groups in total. The van der Waals surface area contributed by atoms with Crippen molar-refractivity contribution in [2.45, 2.75) is 6.61 Å². The highest BCUT2D eigenvalue weighted by Crippen LogP contribution is 2.33. The first-order valence-corrected chi connectivity index (χ1v) is 6.64. The topological polar surface area (TPSA) is 51.3 Å². The third-order valence-electron chi connectivity index (χ3n) is 3.29. The first-order valence-electron chi connectivity index (χ1n) is 6.64. The highest BCUT2D eigenvalue weighted by Gasteiger charge is 2.13. The van der Waals surface area contributed by atoms with Crippen LogP contribution in [-0.2, 0) is 6.61 Å². The molecule has 3 aromatic rings. The summed E-state index contributed by atoms with van der Waals surface area (Å²) in [7, 11) is 1.56. The van der Waals surface area contributed by atoms with E-state index in [1.807, 2.05) is 36.4 Å². The largest absolute Gasteiger partial charge is 0.493 e. The Kier molecular flexibility index (Phi) is 3.60. The molecule has 1 heterocycles. The second-order valence-corrected chi connectivity index (χ2v) is 4.64. The molecule has 0 unspecified atom stereocenters. The molecule has 21 heavy (non-hydrogen) atoms. The van der Waals surface area contributed by atoms with E-state index in [0.29, 0.717) is 23.5 Å². The van der Waals surface area contributed by atoms with Gasteiger partial charge in [-0.1, -0.05) is 30.3 Å². The quantitative estimate of drug-likeness (QED) is 0.799.